The summed E-state index contributed by atoms with van der Waals surface area (Å²) in [4.78, 5) is 27.9. The van der Waals surface area contributed by atoms with Crippen molar-refractivity contribution in [2.75, 3.05) is 16.4 Å². The molecule has 8 heteroatoms. The van der Waals surface area contributed by atoms with Crippen LogP contribution in [0.2, 0.25) is 0 Å². The Morgan fingerprint density at radius 2 is 1.82 bits per heavy atom. The van der Waals surface area contributed by atoms with E-state index in [2.05, 4.69) is 31.1 Å². The van der Waals surface area contributed by atoms with Crippen molar-refractivity contribution >= 4 is 36.2 Å². The highest BCUT2D eigenvalue weighted by Crippen LogP contribution is 2.41. The Labute approximate surface area is 206 Å². The molecular formula is C26H31BN4O2S. The van der Waals surface area contributed by atoms with Gasteiger partial charge in [-0.15, -0.1) is 5.10 Å². The lowest BCUT2D eigenvalue weighted by Crippen LogP contribution is -2.38. The molecule has 1 aliphatic heterocycles. The van der Waals surface area contributed by atoms with Crippen LogP contribution >= 0.6 is 11.8 Å². The molecule has 2 heterocycles. The third-order valence-corrected chi connectivity index (χ3v) is 6.98. The lowest BCUT2D eigenvalue weighted by molar-refractivity contribution is -0.109. The topological polar surface area (TPSA) is 68.1 Å². The summed E-state index contributed by atoms with van der Waals surface area (Å²) in [6, 6.07) is 15.9. The standard InChI is InChI=1S/C26H31BN4O2S/c1-4-5-14-34-17-23(32)27-26(33)30-16-19-10-6-7-11-20(19)24-25(21-12-8-9-13-22(21)30)31(29-28-24)15-18(2)3/h6-13,18,27H,4-5,14-17H2,1-3H3. The summed E-state index contributed by atoms with van der Waals surface area (Å²) in [6.45, 7) is 7.55. The van der Waals surface area contributed by atoms with Crippen LogP contribution in [0.5, 0.6) is 0 Å². The Morgan fingerprint density at radius 1 is 1.09 bits per heavy atom. The Kier molecular flexibility index (Phi) is 7.88. The summed E-state index contributed by atoms with van der Waals surface area (Å²) in [6.07, 6.45) is 2.19. The maximum Gasteiger partial charge on any atom is 0.315 e. The number of benzene rings is 2. The predicted molar refractivity (Wildman–Crippen MR) is 142 cm³/mol. The Bertz CT molecular complexity index is 1180. The summed E-state index contributed by atoms with van der Waals surface area (Å²) < 4.78 is 1.94. The number of hydrogen-bond donors (Lipinski definition) is 0. The quantitative estimate of drug-likeness (QED) is 0.315. The van der Waals surface area contributed by atoms with E-state index in [0.29, 0.717) is 18.2 Å². The molecule has 176 valence electrons. The van der Waals surface area contributed by atoms with Gasteiger partial charge in [-0.1, -0.05) is 74.9 Å². The van der Waals surface area contributed by atoms with Crippen molar-refractivity contribution < 1.29 is 9.59 Å². The number of hydrogen-bond acceptors (Lipinski definition) is 5. The molecule has 1 amide bonds. The zero-order valence-corrected chi connectivity index (χ0v) is 21.0. The molecule has 6 nitrogen and oxygen atoms in total. The van der Waals surface area contributed by atoms with Crippen LogP contribution < -0.4 is 4.90 Å². The molecule has 0 saturated heterocycles. The molecule has 34 heavy (non-hydrogen) atoms. The van der Waals surface area contributed by atoms with E-state index in [1.807, 2.05) is 53.2 Å². The van der Waals surface area contributed by atoms with Crippen LogP contribution in [0.1, 0.15) is 39.2 Å². The Hall–Kier alpha value is -2.87. The molecule has 2 aromatic carbocycles. The molecule has 0 bridgehead atoms. The zero-order valence-electron chi connectivity index (χ0n) is 20.2. The Morgan fingerprint density at radius 3 is 2.59 bits per heavy atom. The highest BCUT2D eigenvalue weighted by Gasteiger charge is 2.30. The minimum atomic E-state index is -0.172. The average molecular weight is 474 g/mol. The molecule has 0 atom stereocenters. The molecular weight excluding hydrogens is 443 g/mol. The van der Waals surface area contributed by atoms with Gasteiger partial charge in [0.25, 0.3) is 0 Å². The van der Waals surface area contributed by atoms with Crippen molar-refractivity contribution in [2.24, 2.45) is 5.92 Å². The number of fused-ring (bicyclic) bond motifs is 5. The fraction of sp³-hybridized carbons (Fsp3) is 0.385. The van der Waals surface area contributed by atoms with Crippen LogP contribution in [0.4, 0.5) is 10.5 Å². The third kappa shape index (κ3) is 5.27. The van der Waals surface area contributed by atoms with E-state index in [1.165, 1.54) is 0 Å². The van der Waals surface area contributed by atoms with Crippen LogP contribution in [0.25, 0.3) is 22.5 Å². The van der Waals surface area contributed by atoms with Crippen LogP contribution in [0.15, 0.2) is 48.5 Å². The van der Waals surface area contributed by atoms with Gasteiger partial charge in [0.2, 0.25) is 0 Å². The number of thioether (sulfide) groups is 1. The van der Waals surface area contributed by atoms with Gasteiger partial charge in [0.15, 0.2) is 5.81 Å². The van der Waals surface area contributed by atoms with Crippen LogP contribution in [0, 0.1) is 5.92 Å². The SMILES string of the molecule is CCCCSCC(=O)BC(=O)N1Cc2ccccc2-c2nnn(CC(C)C)c2-c2ccccc21. The second-order valence-corrected chi connectivity index (χ2v) is 10.2. The van der Waals surface area contributed by atoms with Gasteiger partial charge in [-0.3, -0.25) is 4.79 Å². The van der Waals surface area contributed by atoms with Gasteiger partial charge < -0.3 is 9.69 Å². The molecule has 0 unspecified atom stereocenters. The van der Waals surface area contributed by atoms with Crippen molar-refractivity contribution in [3.05, 3.63) is 54.1 Å². The summed E-state index contributed by atoms with van der Waals surface area (Å²) >= 11 is 1.62. The summed E-state index contributed by atoms with van der Waals surface area (Å²) in [5.74, 6) is 1.55. The number of rotatable bonds is 9. The molecule has 4 rings (SSSR count). The second-order valence-electron chi connectivity index (χ2n) is 9.14. The van der Waals surface area contributed by atoms with E-state index in [4.69, 9.17) is 0 Å². The summed E-state index contributed by atoms with van der Waals surface area (Å²) in [5, 5.41) is 9.06. The summed E-state index contributed by atoms with van der Waals surface area (Å²) in [7, 11) is -0.0913. The monoisotopic (exact) mass is 474 g/mol. The molecule has 0 fully saturated rings. The molecule has 0 aliphatic carbocycles. The van der Waals surface area contributed by atoms with Crippen molar-refractivity contribution in [1.29, 1.82) is 0 Å². The summed E-state index contributed by atoms with van der Waals surface area (Å²) in [5.41, 5.74) is 5.40. The highest BCUT2D eigenvalue weighted by molar-refractivity contribution is 8.00. The maximum atomic E-state index is 13.5. The first-order valence-electron chi connectivity index (χ1n) is 12.0. The number of unbranched alkanes of at least 4 members (excludes halogenated alkanes) is 1. The first kappa shape index (κ1) is 24.3. The molecule has 0 N–H and O–H groups in total. The van der Waals surface area contributed by atoms with Gasteiger partial charge in [-0.25, -0.2) is 4.68 Å². The number of para-hydroxylation sites is 1. The molecule has 1 aromatic heterocycles. The molecule has 3 aromatic rings. The normalized spacial score (nSPS) is 12.4. The van der Waals surface area contributed by atoms with Gasteiger partial charge in [-0.2, -0.15) is 11.8 Å². The molecule has 0 saturated carbocycles. The molecule has 0 spiro atoms. The zero-order chi connectivity index (χ0) is 24.1. The predicted octanol–water partition coefficient (Wildman–Crippen LogP) is 5.20. The molecule has 1 aliphatic rings. The number of anilines is 1. The van der Waals surface area contributed by atoms with Crippen LogP contribution in [0.3, 0.4) is 0 Å². The number of amides is 1. The second kappa shape index (κ2) is 11.0. The Balaban J connectivity index is 1.74. The van der Waals surface area contributed by atoms with Crippen molar-refractivity contribution in [1.82, 2.24) is 15.0 Å². The van der Waals surface area contributed by atoms with E-state index in [0.717, 1.165) is 58.9 Å². The van der Waals surface area contributed by atoms with Crippen LogP contribution in [-0.2, 0) is 17.9 Å². The van der Waals surface area contributed by atoms with Crippen molar-refractivity contribution in [2.45, 2.75) is 46.7 Å². The average Bonchev–Trinajstić information content (AvgIpc) is 3.21. The van der Waals surface area contributed by atoms with Gasteiger partial charge in [0, 0.05) is 23.4 Å². The number of nitrogens with zero attached hydrogens (tertiary/aromatic N) is 4. The highest BCUT2D eigenvalue weighted by atomic mass is 32.2. The number of aromatic nitrogens is 3. The van der Waals surface area contributed by atoms with E-state index < -0.39 is 0 Å². The fourth-order valence-corrected chi connectivity index (χ4v) is 5.23. The van der Waals surface area contributed by atoms with E-state index in [9.17, 15) is 9.59 Å². The third-order valence-electron chi connectivity index (χ3n) is 5.88. The van der Waals surface area contributed by atoms with Crippen molar-refractivity contribution in [3.63, 3.8) is 0 Å². The van der Waals surface area contributed by atoms with Crippen molar-refractivity contribution in [3.8, 4) is 22.5 Å². The largest absolute Gasteiger partial charge is 0.316 e. The maximum absolute atomic E-state index is 13.5. The van der Waals surface area contributed by atoms with E-state index >= 15 is 0 Å². The first-order valence-corrected chi connectivity index (χ1v) is 13.2. The van der Waals surface area contributed by atoms with Gasteiger partial charge in [0.1, 0.15) is 11.4 Å². The minimum Gasteiger partial charge on any atom is -0.316 e. The molecule has 0 radical (unpaired) electrons. The lowest BCUT2D eigenvalue weighted by atomic mass is 9.72. The smallest absolute Gasteiger partial charge is 0.315 e. The first-order chi connectivity index (χ1) is 16.5. The fourth-order valence-electron chi connectivity index (χ4n) is 4.26. The van der Waals surface area contributed by atoms with Gasteiger partial charge >= 0.3 is 7.28 Å². The number of carbonyl (C=O) groups is 2. The minimum absolute atomic E-state index is 0.0221. The van der Waals surface area contributed by atoms with E-state index in [1.54, 1.807) is 16.7 Å². The van der Waals surface area contributed by atoms with Gasteiger partial charge in [-0.05, 0) is 29.7 Å². The van der Waals surface area contributed by atoms with Gasteiger partial charge in [0.05, 0.1) is 17.9 Å². The van der Waals surface area contributed by atoms with E-state index in [-0.39, 0.29) is 18.8 Å². The van der Waals surface area contributed by atoms with Crippen LogP contribution in [-0.4, -0.2) is 45.3 Å². The number of carbonyl (C=O) groups excluding carboxylic acids is 2. The lowest BCUT2D eigenvalue weighted by Gasteiger charge is -2.29.